The van der Waals surface area contributed by atoms with Crippen molar-refractivity contribution in [3.8, 4) is 27.9 Å². The summed E-state index contributed by atoms with van der Waals surface area (Å²) in [5.41, 5.74) is 12.9. The van der Waals surface area contributed by atoms with Crippen molar-refractivity contribution in [1.82, 2.24) is 4.57 Å². The van der Waals surface area contributed by atoms with Gasteiger partial charge in [0.1, 0.15) is 0 Å². The molecule has 0 aliphatic rings. The monoisotopic (exact) mass is 513 g/mol. The van der Waals surface area contributed by atoms with E-state index in [0.717, 1.165) is 12.8 Å². The molecule has 0 radical (unpaired) electrons. The fourth-order valence-electron chi connectivity index (χ4n) is 6.02. The van der Waals surface area contributed by atoms with Gasteiger partial charge in [0.2, 0.25) is 0 Å². The number of rotatable bonds is 6. The molecule has 1 heterocycles. The maximum atomic E-state index is 2.38. The molecule has 7 aromatic rings. The summed E-state index contributed by atoms with van der Waals surface area (Å²) in [4.78, 5) is 0. The van der Waals surface area contributed by atoms with Crippen LogP contribution in [-0.2, 0) is 12.8 Å². The molecule has 0 aliphatic heterocycles. The Labute approximate surface area is 236 Å². The van der Waals surface area contributed by atoms with Gasteiger partial charge in [0, 0.05) is 16.5 Å². The average Bonchev–Trinajstić information content (AvgIpc) is 3.35. The van der Waals surface area contributed by atoms with Crippen molar-refractivity contribution in [3.63, 3.8) is 0 Å². The van der Waals surface area contributed by atoms with E-state index in [1.54, 1.807) is 0 Å². The summed E-state index contributed by atoms with van der Waals surface area (Å²) in [6.07, 6.45) is 2.06. The molecule has 1 nitrogen and oxygen atoms in total. The van der Waals surface area contributed by atoms with E-state index in [0.29, 0.717) is 0 Å². The highest BCUT2D eigenvalue weighted by Crippen LogP contribution is 2.37. The SMILES string of the molecule is Cc1ccc(-c2ccc3c(c2)c2ccccc2n3-c2ccccc2)cc1-c1ccccc1CCc1ccccc1. The lowest BCUT2D eigenvalue weighted by atomic mass is 9.90. The van der Waals surface area contributed by atoms with Gasteiger partial charge in [0.05, 0.1) is 11.0 Å². The lowest BCUT2D eigenvalue weighted by Crippen LogP contribution is -1.96. The van der Waals surface area contributed by atoms with Crippen molar-refractivity contribution in [2.75, 3.05) is 0 Å². The normalized spacial score (nSPS) is 11.3. The number of hydrogen-bond donors (Lipinski definition) is 0. The van der Waals surface area contributed by atoms with Crippen molar-refractivity contribution in [3.05, 3.63) is 162 Å². The third-order valence-corrected chi connectivity index (χ3v) is 8.09. The Morgan fingerprint density at radius 2 is 1.12 bits per heavy atom. The zero-order chi connectivity index (χ0) is 26.9. The summed E-state index contributed by atoms with van der Waals surface area (Å²) >= 11 is 0. The lowest BCUT2D eigenvalue weighted by Gasteiger charge is -2.14. The number of nitrogens with zero attached hydrogens (tertiary/aromatic N) is 1. The zero-order valence-corrected chi connectivity index (χ0v) is 22.7. The minimum atomic E-state index is 1.02. The van der Waals surface area contributed by atoms with Gasteiger partial charge in [0.15, 0.2) is 0 Å². The molecular formula is C39H31N. The Balaban J connectivity index is 1.31. The number of fused-ring (bicyclic) bond motifs is 3. The summed E-state index contributed by atoms with van der Waals surface area (Å²) in [6, 6.07) is 52.9. The first kappa shape index (κ1) is 24.2. The van der Waals surface area contributed by atoms with Gasteiger partial charge in [0.25, 0.3) is 0 Å². The Kier molecular flexibility index (Phi) is 6.26. The first-order chi connectivity index (χ1) is 19.8. The zero-order valence-electron chi connectivity index (χ0n) is 22.7. The minimum Gasteiger partial charge on any atom is -0.309 e. The van der Waals surface area contributed by atoms with E-state index >= 15 is 0 Å². The highest BCUT2D eigenvalue weighted by atomic mass is 15.0. The van der Waals surface area contributed by atoms with Gasteiger partial charge < -0.3 is 4.57 Å². The van der Waals surface area contributed by atoms with E-state index in [-0.39, 0.29) is 0 Å². The Morgan fingerprint density at radius 1 is 0.475 bits per heavy atom. The third kappa shape index (κ3) is 4.40. The van der Waals surface area contributed by atoms with Crippen LogP contribution in [0.25, 0.3) is 49.7 Å². The molecule has 0 bridgehead atoms. The molecule has 0 saturated carbocycles. The van der Waals surface area contributed by atoms with E-state index in [2.05, 4.69) is 157 Å². The predicted molar refractivity (Wildman–Crippen MR) is 170 cm³/mol. The van der Waals surface area contributed by atoms with E-state index in [1.165, 1.54) is 66.4 Å². The van der Waals surface area contributed by atoms with E-state index in [4.69, 9.17) is 0 Å². The predicted octanol–water partition coefficient (Wildman–Crippen LogP) is 10.2. The largest absolute Gasteiger partial charge is 0.309 e. The number of aromatic nitrogens is 1. The van der Waals surface area contributed by atoms with Crippen LogP contribution in [0, 0.1) is 6.92 Å². The second-order valence-electron chi connectivity index (χ2n) is 10.6. The second-order valence-corrected chi connectivity index (χ2v) is 10.6. The molecule has 7 rings (SSSR count). The quantitative estimate of drug-likeness (QED) is 0.208. The van der Waals surface area contributed by atoms with Gasteiger partial charge in [-0.2, -0.15) is 0 Å². The molecule has 0 fully saturated rings. The van der Waals surface area contributed by atoms with Crippen LogP contribution in [0.5, 0.6) is 0 Å². The van der Waals surface area contributed by atoms with Crippen LogP contribution in [0.4, 0.5) is 0 Å². The van der Waals surface area contributed by atoms with Crippen LogP contribution in [0.1, 0.15) is 16.7 Å². The molecule has 40 heavy (non-hydrogen) atoms. The number of para-hydroxylation sites is 2. The summed E-state index contributed by atoms with van der Waals surface area (Å²) in [7, 11) is 0. The second kappa shape index (κ2) is 10.4. The maximum Gasteiger partial charge on any atom is 0.0541 e. The lowest BCUT2D eigenvalue weighted by molar-refractivity contribution is 0.962. The van der Waals surface area contributed by atoms with Crippen LogP contribution in [0.15, 0.2) is 146 Å². The van der Waals surface area contributed by atoms with Gasteiger partial charge in [-0.1, -0.05) is 109 Å². The number of hydrogen-bond acceptors (Lipinski definition) is 0. The molecule has 1 heteroatoms. The van der Waals surface area contributed by atoms with Crippen molar-refractivity contribution in [1.29, 1.82) is 0 Å². The maximum absolute atomic E-state index is 2.38. The average molecular weight is 514 g/mol. The molecule has 0 amide bonds. The molecule has 0 saturated heterocycles. The van der Waals surface area contributed by atoms with Crippen LogP contribution in [0.3, 0.4) is 0 Å². The fourth-order valence-corrected chi connectivity index (χ4v) is 6.02. The molecule has 0 N–H and O–H groups in total. The highest BCUT2D eigenvalue weighted by molar-refractivity contribution is 6.10. The topological polar surface area (TPSA) is 4.93 Å². The van der Waals surface area contributed by atoms with Crippen molar-refractivity contribution < 1.29 is 0 Å². The number of benzene rings is 6. The van der Waals surface area contributed by atoms with Gasteiger partial charge in [-0.25, -0.2) is 0 Å². The first-order valence-electron chi connectivity index (χ1n) is 14.1. The molecular weight excluding hydrogens is 482 g/mol. The molecule has 0 spiro atoms. The van der Waals surface area contributed by atoms with E-state index in [9.17, 15) is 0 Å². The molecule has 1 aromatic heterocycles. The molecule has 6 aromatic carbocycles. The van der Waals surface area contributed by atoms with Crippen LogP contribution >= 0.6 is 0 Å². The van der Waals surface area contributed by atoms with Gasteiger partial charge in [-0.05, 0) is 95.1 Å². The third-order valence-electron chi connectivity index (χ3n) is 8.09. The Hall–Kier alpha value is -4.88. The summed E-state index contributed by atoms with van der Waals surface area (Å²) in [5, 5.41) is 2.56. The molecule has 0 atom stereocenters. The summed E-state index contributed by atoms with van der Waals surface area (Å²) < 4.78 is 2.37. The first-order valence-corrected chi connectivity index (χ1v) is 14.1. The minimum absolute atomic E-state index is 1.02. The van der Waals surface area contributed by atoms with Crippen molar-refractivity contribution in [2.45, 2.75) is 19.8 Å². The highest BCUT2D eigenvalue weighted by Gasteiger charge is 2.14. The Morgan fingerprint density at radius 3 is 1.98 bits per heavy atom. The standard InChI is InChI=1S/C39H31N/c1-28-20-22-31(26-36(28)34-17-9-8-14-30(34)23-21-29-12-4-2-5-13-29)32-24-25-39-37(27-32)35-18-10-11-19-38(35)40(39)33-15-6-3-7-16-33/h2-20,22,24-27H,21,23H2,1H3. The van der Waals surface area contributed by atoms with Gasteiger partial charge in [-0.3, -0.25) is 0 Å². The van der Waals surface area contributed by atoms with E-state index in [1.807, 2.05) is 0 Å². The molecule has 192 valence electrons. The Bertz CT molecular complexity index is 1940. The summed E-state index contributed by atoms with van der Waals surface area (Å²) in [5.74, 6) is 0. The van der Waals surface area contributed by atoms with Crippen molar-refractivity contribution in [2.24, 2.45) is 0 Å². The summed E-state index contributed by atoms with van der Waals surface area (Å²) in [6.45, 7) is 2.23. The van der Waals surface area contributed by atoms with E-state index < -0.39 is 0 Å². The van der Waals surface area contributed by atoms with Gasteiger partial charge >= 0.3 is 0 Å². The molecule has 0 unspecified atom stereocenters. The van der Waals surface area contributed by atoms with Crippen LogP contribution in [-0.4, -0.2) is 4.57 Å². The van der Waals surface area contributed by atoms with Crippen molar-refractivity contribution >= 4 is 21.8 Å². The smallest absolute Gasteiger partial charge is 0.0541 e. The van der Waals surface area contributed by atoms with Crippen LogP contribution in [0.2, 0.25) is 0 Å². The number of aryl methyl sites for hydroxylation is 3. The van der Waals surface area contributed by atoms with Gasteiger partial charge in [-0.15, -0.1) is 0 Å². The molecule has 0 aliphatic carbocycles. The van der Waals surface area contributed by atoms with Crippen LogP contribution < -0.4 is 0 Å². The fraction of sp³-hybridized carbons (Fsp3) is 0.0769.